The number of likely N-dealkylation sites (N-methyl/N-ethyl adjacent to an activating group) is 1. The maximum Gasteiger partial charge on any atom is 0.0822 e. The van der Waals surface area contributed by atoms with Gasteiger partial charge in [-0.2, -0.15) is 0 Å². The van der Waals surface area contributed by atoms with Gasteiger partial charge in [0, 0.05) is 25.5 Å². The van der Waals surface area contributed by atoms with Crippen LogP contribution in [0.25, 0.3) is 0 Å². The van der Waals surface area contributed by atoms with E-state index in [9.17, 15) is 10.2 Å². The number of hydrogen-bond acceptors (Lipinski definition) is 3. The first kappa shape index (κ1) is 15.1. The van der Waals surface area contributed by atoms with Crippen molar-refractivity contribution in [1.82, 2.24) is 9.88 Å². The number of hydrogen-bond donors (Lipinski definition) is 1. The highest BCUT2D eigenvalue weighted by molar-refractivity contribution is 5.09. The highest BCUT2D eigenvalue weighted by Gasteiger charge is 2.10. The summed E-state index contributed by atoms with van der Waals surface area (Å²) in [6.07, 6.45) is 5.43. The van der Waals surface area contributed by atoms with E-state index in [-0.39, 0.29) is 12.7 Å². The SMILES string of the molecule is CCN(Cc1ccncc1)CC(O)CCCC[O]. The van der Waals surface area contributed by atoms with E-state index in [0.717, 1.165) is 25.9 Å². The van der Waals surface area contributed by atoms with Gasteiger partial charge in [0.05, 0.1) is 12.7 Å². The maximum absolute atomic E-state index is 10.3. The lowest BCUT2D eigenvalue weighted by molar-refractivity contribution is 0.0982. The molecule has 1 radical (unpaired) electrons. The number of pyridine rings is 1. The van der Waals surface area contributed by atoms with Gasteiger partial charge in [-0.3, -0.25) is 9.88 Å². The van der Waals surface area contributed by atoms with Crippen LogP contribution in [0.5, 0.6) is 0 Å². The van der Waals surface area contributed by atoms with E-state index in [1.165, 1.54) is 5.56 Å². The number of rotatable bonds is 9. The van der Waals surface area contributed by atoms with Gasteiger partial charge in [0.25, 0.3) is 0 Å². The van der Waals surface area contributed by atoms with E-state index in [2.05, 4.69) is 16.8 Å². The van der Waals surface area contributed by atoms with Crippen LogP contribution < -0.4 is 0 Å². The molecule has 0 aliphatic carbocycles. The topological polar surface area (TPSA) is 56.3 Å². The van der Waals surface area contributed by atoms with Gasteiger partial charge in [-0.25, -0.2) is 5.11 Å². The molecule has 1 rings (SSSR count). The lowest BCUT2D eigenvalue weighted by Gasteiger charge is -2.23. The summed E-state index contributed by atoms with van der Waals surface area (Å²) in [5, 5.41) is 20.2. The monoisotopic (exact) mass is 251 g/mol. The molecule has 1 aromatic rings. The minimum absolute atomic E-state index is 0.0404. The molecule has 101 valence electrons. The minimum atomic E-state index is -0.335. The fourth-order valence-electron chi connectivity index (χ4n) is 1.92. The highest BCUT2D eigenvalue weighted by atomic mass is 16.3. The van der Waals surface area contributed by atoms with E-state index in [1.807, 2.05) is 12.1 Å². The summed E-state index contributed by atoms with van der Waals surface area (Å²) in [6, 6.07) is 3.99. The van der Waals surface area contributed by atoms with Crippen LogP contribution in [0.15, 0.2) is 24.5 Å². The molecule has 0 fully saturated rings. The van der Waals surface area contributed by atoms with Gasteiger partial charge in [-0.05, 0) is 43.5 Å². The Labute approximate surface area is 109 Å². The third kappa shape index (κ3) is 6.10. The second kappa shape index (κ2) is 9.03. The van der Waals surface area contributed by atoms with Crippen LogP contribution in [0.4, 0.5) is 0 Å². The molecular weight excluding hydrogens is 228 g/mol. The van der Waals surface area contributed by atoms with Crippen molar-refractivity contribution >= 4 is 0 Å². The molecule has 0 bridgehead atoms. The summed E-state index contributed by atoms with van der Waals surface area (Å²) in [5.74, 6) is 0. The molecule has 0 aliphatic rings. The van der Waals surface area contributed by atoms with E-state index in [1.54, 1.807) is 12.4 Å². The molecule has 0 spiro atoms. The largest absolute Gasteiger partial charge is 0.392 e. The Kier molecular flexibility index (Phi) is 7.57. The standard InChI is InChI=1S/C14H23N2O2/c1-2-16(11-13-6-8-15-9-7-13)12-14(18)5-3-4-10-17/h6-9,14,18H,2-5,10-12H2,1H3. The molecule has 1 N–H and O–H groups in total. The summed E-state index contributed by atoms with van der Waals surface area (Å²) < 4.78 is 0. The zero-order valence-corrected chi connectivity index (χ0v) is 11.1. The van der Waals surface area contributed by atoms with Crippen LogP contribution in [0.2, 0.25) is 0 Å². The molecule has 0 saturated carbocycles. The normalized spacial score (nSPS) is 12.9. The fraction of sp³-hybridized carbons (Fsp3) is 0.643. The lowest BCUT2D eigenvalue weighted by atomic mass is 10.1. The maximum atomic E-state index is 10.3. The molecule has 0 amide bonds. The fourth-order valence-corrected chi connectivity index (χ4v) is 1.92. The van der Waals surface area contributed by atoms with Crippen molar-refractivity contribution in [3.05, 3.63) is 30.1 Å². The first-order valence-electron chi connectivity index (χ1n) is 6.63. The first-order chi connectivity index (χ1) is 8.76. The summed E-state index contributed by atoms with van der Waals surface area (Å²) in [7, 11) is 0. The van der Waals surface area contributed by atoms with Crippen molar-refractivity contribution in [2.45, 2.75) is 38.8 Å². The van der Waals surface area contributed by atoms with Crippen molar-refractivity contribution < 1.29 is 10.2 Å². The smallest absolute Gasteiger partial charge is 0.0822 e. The molecule has 0 aromatic carbocycles. The van der Waals surface area contributed by atoms with Gasteiger partial charge < -0.3 is 5.11 Å². The molecule has 4 nitrogen and oxygen atoms in total. The van der Waals surface area contributed by atoms with E-state index in [0.29, 0.717) is 13.0 Å². The van der Waals surface area contributed by atoms with Crippen LogP contribution in [0.3, 0.4) is 0 Å². The zero-order valence-electron chi connectivity index (χ0n) is 11.1. The second-order valence-corrected chi connectivity index (χ2v) is 4.54. The summed E-state index contributed by atoms with van der Waals surface area (Å²) in [4.78, 5) is 6.20. The molecule has 1 heterocycles. The van der Waals surface area contributed by atoms with Crippen molar-refractivity contribution in [3.8, 4) is 0 Å². The van der Waals surface area contributed by atoms with Gasteiger partial charge in [-0.15, -0.1) is 0 Å². The van der Waals surface area contributed by atoms with Crippen molar-refractivity contribution in [2.75, 3.05) is 19.7 Å². The van der Waals surface area contributed by atoms with E-state index >= 15 is 0 Å². The number of aliphatic hydroxyl groups is 1. The van der Waals surface area contributed by atoms with Crippen LogP contribution in [-0.2, 0) is 11.7 Å². The summed E-state index contributed by atoms with van der Waals surface area (Å²) >= 11 is 0. The molecule has 0 saturated heterocycles. The molecule has 0 aliphatic heterocycles. The quantitative estimate of drug-likeness (QED) is 0.682. The number of unbranched alkanes of at least 4 members (excludes halogenated alkanes) is 1. The van der Waals surface area contributed by atoms with Gasteiger partial charge in [-0.1, -0.05) is 6.92 Å². The Morgan fingerprint density at radius 1 is 1.33 bits per heavy atom. The molecule has 1 atom stereocenters. The Balaban J connectivity index is 2.32. The number of aliphatic hydroxyl groups excluding tert-OH is 1. The number of aromatic nitrogens is 1. The van der Waals surface area contributed by atoms with Crippen molar-refractivity contribution in [3.63, 3.8) is 0 Å². The predicted octanol–water partition coefficient (Wildman–Crippen LogP) is 1.87. The molecule has 1 aromatic heterocycles. The van der Waals surface area contributed by atoms with E-state index < -0.39 is 0 Å². The summed E-state index contributed by atoms with van der Waals surface area (Å²) in [6.45, 7) is 4.45. The second-order valence-electron chi connectivity index (χ2n) is 4.54. The third-order valence-corrected chi connectivity index (χ3v) is 3.00. The summed E-state index contributed by atoms with van der Waals surface area (Å²) in [5.41, 5.74) is 1.21. The van der Waals surface area contributed by atoms with Crippen LogP contribution in [0.1, 0.15) is 31.7 Å². The zero-order chi connectivity index (χ0) is 13.2. The minimum Gasteiger partial charge on any atom is -0.392 e. The average molecular weight is 251 g/mol. The molecule has 4 heteroatoms. The van der Waals surface area contributed by atoms with Crippen molar-refractivity contribution in [1.29, 1.82) is 0 Å². The average Bonchev–Trinajstić information content (AvgIpc) is 2.39. The van der Waals surface area contributed by atoms with Crippen molar-refractivity contribution in [2.24, 2.45) is 0 Å². The lowest BCUT2D eigenvalue weighted by Crippen LogP contribution is -2.32. The molecule has 1 unspecified atom stereocenters. The van der Waals surface area contributed by atoms with Gasteiger partial charge >= 0.3 is 0 Å². The molecule has 18 heavy (non-hydrogen) atoms. The Morgan fingerprint density at radius 3 is 2.67 bits per heavy atom. The Bertz CT molecular complexity index is 306. The van der Waals surface area contributed by atoms with Gasteiger partial charge in [0.15, 0.2) is 0 Å². The Hall–Kier alpha value is -0.970. The predicted molar refractivity (Wildman–Crippen MR) is 70.6 cm³/mol. The highest BCUT2D eigenvalue weighted by Crippen LogP contribution is 2.07. The van der Waals surface area contributed by atoms with Crippen LogP contribution in [-0.4, -0.2) is 40.8 Å². The van der Waals surface area contributed by atoms with Crippen LogP contribution in [0, 0.1) is 0 Å². The Morgan fingerprint density at radius 2 is 2.06 bits per heavy atom. The first-order valence-corrected chi connectivity index (χ1v) is 6.63. The molecular formula is C14H23N2O2. The number of nitrogens with zero attached hydrogens (tertiary/aromatic N) is 2. The van der Waals surface area contributed by atoms with E-state index in [4.69, 9.17) is 0 Å². The van der Waals surface area contributed by atoms with Crippen LogP contribution >= 0.6 is 0 Å². The van der Waals surface area contributed by atoms with Gasteiger partial charge in [0.2, 0.25) is 0 Å². The third-order valence-electron chi connectivity index (χ3n) is 3.00. The van der Waals surface area contributed by atoms with Gasteiger partial charge in [0.1, 0.15) is 0 Å².